The van der Waals surface area contributed by atoms with Crippen molar-refractivity contribution in [1.29, 1.82) is 0 Å². The summed E-state index contributed by atoms with van der Waals surface area (Å²) >= 11 is 0. The lowest BCUT2D eigenvalue weighted by atomic mass is 10.1. The van der Waals surface area contributed by atoms with E-state index in [0.29, 0.717) is 12.1 Å². The summed E-state index contributed by atoms with van der Waals surface area (Å²) in [5, 5.41) is 9.12. The first-order valence-corrected chi connectivity index (χ1v) is 7.92. The maximum absolute atomic E-state index is 11.1. The monoisotopic (exact) mass is 324 g/mol. The molecule has 0 amide bonds. The second-order valence-electron chi connectivity index (χ2n) is 5.84. The van der Waals surface area contributed by atoms with Crippen LogP contribution < -0.4 is 4.74 Å². The second kappa shape index (κ2) is 6.35. The summed E-state index contributed by atoms with van der Waals surface area (Å²) in [5.41, 5.74) is 4.12. The number of carboxylic acid groups (broad SMARTS) is 1. The molecule has 124 valence electrons. The van der Waals surface area contributed by atoms with E-state index in [-0.39, 0.29) is 5.56 Å². The number of aryl methyl sites for hydroxylation is 3. The largest absolute Gasteiger partial charge is 0.485 e. The highest BCUT2D eigenvalue weighted by Crippen LogP contribution is 2.22. The third-order valence-electron chi connectivity index (χ3n) is 4.08. The number of carbonyl (C=O) groups is 1. The van der Waals surface area contributed by atoms with Gasteiger partial charge in [0.1, 0.15) is 18.2 Å². The van der Waals surface area contributed by atoms with E-state index in [1.54, 1.807) is 18.2 Å². The van der Waals surface area contributed by atoms with Gasteiger partial charge >= 0.3 is 5.97 Å². The normalized spacial score (nSPS) is 11.0. The Kier molecular flexibility index (Phi) is 4.25. The summed E-state index contributed by atoms with van der Waals surface area (Å²) in [6.45, 7) is 7.19. The van der Waals surface area contributed by atoms with Crippen LogP contribution in [-0.2, 0) is 13.2 Å². The number of nitrogens with zero attached hydrogens (tertiary/aromatic N) is 2. The van der Waals surface area contributed by atoms with Crippen LogP contribution in [-0.4, -0.2) is 20.6 Å². The molecule has 5 nitrogen and oxygen atoms in total. The lowest BCUT2D eigenvalue weighted by Crippen LogP contribution is -2.06. The van der Waals surface area contributed by atoms with Gasteiger partial charge in [-0.05, 0) is 50.6 Å². The number of ether oxygens (including phenoxy) is 1. The molecule has 0 unspecified atom stereocenters. The van der Waals surface area contributed by atoms with Crippen LogP contribution in [0, 0.1) is 13.8 Å². The number of aromatic carboxylic acids is 1. The number of fused-ring (bicyclic) bond motifs is 1. The molecule has 0 fully saturated rings. The number of aromatic nitrogens is 2. The molecule has 0 atom stereocenters. The molecule has 0 radical (unpaired) electrons. The van der Waals surface area contributed by atoms with Gasteiger partial charge in [-0.15, -0.1) is 0 Å². The van der Waals surface area contributed by atoms with Gasteiger partial charge < -0.3 is 14.4 Å². The van der Waals surface area contributed by atoms with Gasteiger partial charge in [-0.1, -0.05) is 17.7 Å². The van der Waals surface area contributed by atoms with Gasteiger partial charge in [0.25, 0.3) is 0 Å². The van der Waals surface area contributed by atoms with Gasteiger partial charge in [0, 0.05) is 6.54 Å². The van der Waals surface area contributed by atoms with Crippen molar-refractivity contribution in [2.45, 2.75) is 33.9 Å². The number of hydrogen-bond donors (Lipinski definition) is 1. The molecular formula is C19H20N2O3. The highest BCUT2D eigenvalue weighted by atomic mass is 16.5. The average molecular weight is 324 g/mol. The van der Waals surface area contributed by atoms with Crippen molar-refractivity contribution >= 4 is 17.0 Å². The first-order chi connectivity index (χ1) is 11.5. The Balaban J connectivity index is 1.92. The maximum atomic E-state index is 11.1. The maximum Gasteiger partial charge on any atom is 0.335 e. The van der Waals surface area contributed by atoms with Crippen LogP contribution in [0.5, 0.6) is 5.75 Å². The highest BCUT2D eigenvalue weighted by molar-refractivity contribution is 5.92. The minimum absolute atomic E-state index is 0.241. The van der Waals surface area contributed by atoms with Crippen molar-refractivity contribution in [3.8, 4) is 5.75 Å². The molecule has 24 heavy (non-hydrogen) atoms. The molecule has 0 saturated carbocycles. The third kappa shape index (κ3) is 2.97. The zero-order valence-corrected chi connectivity index (χ0v) is 14.0. The van der Waals surface area contributed by atoms with Crippen molar-refractivity contribution < 1.29 is 14.6 Å². The molecule has 0 aliphatic heterocycles. The molecule has 0 aliphatic rings. The summed E-state index contributed by atoms with van der Waals surface area (Å²) in [7, 11) is 0. The van der Waals surface area contributed by atoms with Crippen molar-refractivity contribution in [3.05, 3.63) is 58.9 Å². The Labute approximate surface area is 140 Å². The quantitative estimate of drug-likeness (QED) is 0.772. The molecule has 0 aliphatic carbocycles. The van der Waals surface area contributed by atoms with Gasteiger partial charge in [-0.25, -0.2) is 9.78 Å². The molecule has 0 bridgehead atoms. The molecule has 0 saturated heterocycles. The average Bonchev–Trinajstić information content (AvgIpc) is 2.90. The molecule has 5 heteroatoms. The van der Waals surface area contributed by atoms with Gasteiger partial charge in [-0.3, -0.25) is 0 Å². The number of rotatable bonds is 5. The van der Waals surface area contributed by atoms with Crippen LogP contribution in [0.15, 0.2) is 36.4 Å². The first kappa shape index (κ1) is 16.1. The fourth-order valence-corrected chi connectivity index (χ4v) is 2.88. The Morgan fingerprint density at radius 1 is 1.21 bits per heavy atom. The molecule has 3 rings (SSSR count). The minimum Gasteiger partial charge on any atom is -0.485 e. The molecule has 3 aromatic rings. The summed E-state index contributed by atoms with van der Waals surface area (Å²) in [6, 6.07) is 11.1. The predicted molar refractivity (Wildman–Crippen MR) is 92.6 cm³/mol. The summed E-state index contributed by atoms with van der Waals surface area (Å²) in [6.07, 6.45) is 0. The van der Waals surface area contributed by atoms with E-state index < -0.39 is 5.97 Å². The number of imidazole rings is 1. The van der Waals surface area contributed by atoms with Gasteiger partial charge in [0.2, 0.25) is 0 Å². The number of carboxylic acids is 1. The van der Waals surface area contributed by atoms with E-state index in [0.717, 1.165) is 29.2 Å². The Morgan fingerprint density at radius 3 is 2.67 bits per heavy atom. The van der Waals surface area contributed by atoms with Crippen LogP contribution in [0.2, 0.25) is 0 Å². The molecule has 1 N–H and O–H groups in total. The van der Waals surface area contributed by atoms with Crippen molar-refractivity contribution in [2.24, 2.45) is 0 Å². The Hall–Kier alpha value is -2.82. The number of benzene rings is 2. The first-order valence-electron chi connectivity index (χ1n) is 7.92. The van der Waals surface area contributed by atoms with Gasteiger partial charge in [0.05, 0.1) is 16.6 Å². The van der Waals surface area contributed by atoms with E-state index in [9.17, 15) is 4.79 Å². The Bertz CT molecular complexity index is 912. The summed E-state index contributed by atoms with van der Waals surface area (Å²) in [5.74, 6) is 0.674. The van der Waals surface area contributed by atoms with E-state index in [1.807, 2.05) is 37.5 Å². The van der Waals surface area contributed by atoms with Gasteiger partial charge in [0.15, 0.2) is 0 Å². The Morgan fingerprint density at radius 2 is 2.00 bits per heavy atom. The van der Waals surface area contributed by atoms with Crippen molar-refractivity contribution in [3.63, 3.8) is 0 Å². The van der Waals surface area contributed by atoms with Crippen molar-refractivity contribution in [1.82, 2.24) is 9.55 Å². The fourth-order valence-electron chi connectivity index (χ4n) is 2.88. The zero-order valence-electron chi connectivity index (χ0n) is 14.0. The topological polar surface area (TPSA) is 64.4 Å². The zero-order chi connectivity index (χ0) is 17.3. The predicted octanol–water partition coefficient (Wildman–Crippen LogP) is 3.95. The van der Waals surface area contributed by atoms with Crippen LogP contribution in [0.4, 0.5) is 0 Å². The van der Waals surface area contributed by atoms with Crippen LogP contribution >= 0.6 is 0 Å². The third-order valence-corrected chi connectivity index (χ3v) is 4.08. The lowest BCUT2D eigenvalue weighted by molar-refractivity contribution is 0.0697. The van der Waals surface area contributed by atoms with E-state index in [2.05, 4.69) is 11.1 Å². The SMILES string of the molecule is CCn1c(COc2ccc(C)cc2C)nc2cc(C(=O)O)ccc21. The molecule has 0 spiro atoms. The molecule has 2 aromatic carbocycles. The van der Waals surface area contributed by atoms with E-state index >= 15 is 0 Å². The van der Waals surface area contributed by atoms with Crippen LogP contribution in [0.1, 0.15) is 34.2 Å². The minimum atomic E-state index is -0.948. The molecular weight excluding hydrogens is 304 g/mol. The lowest BCUT2D eigenvalue weighted by Gasteiger charge is -2.11. The summed E-state index contributed by atoms with van der Waals surface area (Å²) in [4.78, 5) is 15.7. The standard InChI is InChI=1S/C19H20N2O3/c1-4-21-16-7-6-14(19(22)23)10-15(16)20-18(21)11-24-17-8-5-12(2)9-13(17)3/h5-10H,4,11H2,1-3H3,(H,22,23). The van der Waals surface area contributed by atoms with E-state index in [4.69, 9.17) is 9.84 Å². The smallest absolute Gasteiger partial charge is 0.335 e. The highest BCUT2D eigenvalue weighted by Gasteiger charge is 2.13. The van der Waals surface area contributed by atoms with E-state index in [1.165, 1.54) is 5.56 Å². The van der Waals surface area contributed by atoms with Gasteiger partial charge in [-0.2, -0.15) is 0 Å². The fraction of sp³-hybridized carbons (Fsp3) is 0.263. The van der Waals surface area contributed by atoms with Crippen LogP contribution in [0.25, 0.3) is 11.0 Å². The number of hydrogen-bond acceptors (Lipinski definition) is 3. The second-order valence-corrected chi connectivity index (χ2v) is 5.84. The van der Waals surface area contributed by atoms with Crippen LogP contribution in [0.3, 0.4) is 0 Å². The van der Waals surface area contributed by atoms with Crippen molar-refractivity contribution in [2.75, 3.05) is 0 Å². The summed E-state index contributed by atoms with van der Waals surface area (Å²) < 4.78 is 7.97. The molecule has 1 aromatic heterocycles. The molecule has 1 heterocycles.